The first-order valence-corrected chi connectivity index (χ1v) is 7.43. The Labute approximate surface area is 122 Å². The Morgan fingerprint density at radius 3 is 2.60 bits per heavy atom. The summed E-state index contributed by atoms with van der Waals surface area (Å²) in [4.78, 5) is 22.3. The molecule has 0 saturated heterocycles. The molecule has 1 unspecified atom stereocenters. The number of nitrogens with one attached hydrogen (secondary N) is 1. The number of hydrogen-bond donors (Lipinski definition) is 2. The lowest BCUT2D eigenvalue weighted by Gasteiger charge is -2.14. The van der Waals surface area contributed by atoms with E-state index in [1.165, 1.54) is 12.1 Å². The Morgan fingerprint density at radius 2 is 2.10 bits per heavy atom. The van der Waals surface area contributed by atoms with Crippen LogP contribution in [-0.4, -0.2) is 29.2 Å². The van der Waals surface area contributed by atoms with Crippen LogP contribution < -0.4 is 11.1 Å². The number of amides is 1. The standard InChI is InChI=1S/C13H19N3O3S/c1-2-8-15-12(13(14)17)7-9-20-11-5-3-10(4-6-11)16(18)19/h3-6,12,15H,2,7-9H2,1H3,(H2,14,17). The summed E-state index contributed by atoms with van der Waals surface area (Å²) >= 11 is 1.55. The smallest absolute Gasteiger partial charge is 0.269 e. The van der Waals surface area contributed by atoms with Gasteiger partial charge >= 0.3 is 0 Å². The molecule has 7 heteroatoms. The van der Waals surface area contributed by atoms with Crippen LogP contribution in [0.2, 0.25) is 0 Å². The molecule has 20 heavy (non-hydrogen) atoms. The molecular weight excluding hydrogens is 278 g/mol. The lowest BCUT2D eigenvalue weighted by Crippen LogP contribution is -2.41. The molecule has 110 valence electrons. The van der Waals surface area contributed by atoms with Crippen LogP contribution in [-0.2, 0) is 4.79 Å². The zero-order valence-corrected chi connectivity index (χ0v) is 12.2. The van der Waals surface area contributed by atoms with E-state index < -0.39 is 4.92 Å². The van der Waals surface area contributed by atoms with E-state index in [-0.39, 0.29) is 17.6 Å². The van der Waals surface area contributed by atoms with Crippen molar-refractivity contribution < 1.29 is 9.72 Å². The Morgan fingerprint density at radius 1 is 1.45 bits per heavy atom. The predicted octanol–water partition coefficient (Wildman–Crippen LogP) is 1.93. The number of carbonyl (C=O) groups is 1. The van der Waals surface area contributed by atoms with Crippen molar-refractivity contribution in [2.75, 3.05) is 12.3 Å². The van der Waals surface area contributed by atoms with E-state index in [4.69, 9.17) is 5.73 Å². The summed E-state index contributed by atoms with van der Waals surface area (Å²) in [6, 6.07) is 6.05. The molecule has 0 aliphatic heterocycles. The number of thioether (sulfide) groups is 1. The van der Waals surface area contributed by atoms with Gasteiger partial charge in [0.25, 0.3) is 5.69 Å². The normalized spacial score (nSPS) is 12.1. The fourth-order valence-electron chi connectivity index (χ4n) is 1.62. The van der Waals surface area contributed by atoms with Gasteiger partial charge in [-0.15, -0.1) is 11.8 Å². The number of benzene rings is 1. The summed E-state index contributed by atoms with van der Waals surface area (Å²) in [7, 11) is 0. The van der Waals surface area contributed by atoms with Gasteiger partial charge in [-0.3, -0.25) is 14.9 Å². The molecule has 0 fully saturated rings. The molecule has 1 aromatic carbocycles. The van der Waals surface area contributed by atoms with Crippen molar-refractivity contribution in [3.8, 4) is 0 Å². The molecule has 6 nitrogen and oxygen atoms in total. The second-order valence-corrected chi connectivity index (χ2v) is 5.47. The third-order valence-corrected chi connectivity index (χ3v) is 3.75. The van der Waals surface area contributed by atoms with Crippen LogP contribution in [0, 0.1) is 10.1 Å². The van der Waals surface area contributed by atoms with Crippen molar-refractivity contribution >= 4 is 23.4 Å². The van der Waals surface area contributed by atoms with Crippen molar-refractivity contribution in [2.45, 2.75) is 30.7 Å². The molecule has 3 N–H and O–H groups in total. The van der Waals surface area contributed by atoms with Crippen molar-refractivity contribution in [2.24, 2.45) is 5.73 Å². The number of non-ortho nitro benzene ring substituents is 1. The van der Waals surface area contributed by atoms with E-state index in [9.17, 15) is 14.9 Å². The number of rotatable bonds is 9. The minimum atomic E-state index is -0.424. The molecular formula is C13H19N3O3S. The minimum Gasteiger partial charge on any atom is -0.368 e. The van der Waals surface area contributed by atoms with Gasteiger partial charge in [-0.1, -0.05) is 6.92 Å². The second kappa shape index (κ2) is 8.55. The van der Waals surface area contributed by atoms with Crippen molar-refractivity contribution in [1.29, 1.82) is 0 Å². The van der Waals surface area contributed by atoms with E-state index in [0.717, 1.165) is 23.6 Å². The summed E-state index contributed by atoms with van der Waals surface area (Å²) in [6.07, 6.45) is 1.58. The van der Waals surface area contributed by atoms with Gasteiger partial charge in [0.1, 0.15) is 0 Å². The molecule has 1 rings (SSSR count). The van der Waals surface area contributed by atoms with E-state index in [0.29, 0.717) is 6.42 Å². The molecule has 0 saturated carbocycles. The van der Waals surface area contributed by atoms with E-state index in [1.54, 1.807) is 23.9 Å². The molecule has 1 amide bonds. The molecule has 0 bridgehead atoms. The molecule has 0 aromatic heterocycles. The highest BCUT2D eigenvalue weighted by Crippen LogP contribution is 2.22. The Hall–Kier alpha value is -1.60. The Kier molecular flexibility index (Phi) is 7.03. The van der Waals surface area contributed by atoms with Crippen molar-refractivity contribution in [1.82, 2.24) is 5.32 Å². The van der Waals surface area contributed by atoms with Gasteiger partial charge in [0.2, 0.25) is 5.91 Å². The van der Waals surface area contributed by atoms with Crippen LogP contribution in [0.4, 0.5) is 5.69 Å². The van der Waals surface area contributed by atoms with Gasteiger partial charge in [-0.2, -0.15) is 0 Å². The van der Waals surface area contributed by atoms with E-state index in [1.807, 2.05) is 6.92 Å². The first-order valence-electron chi connectivity index (χ1n) is 6.44. The lowest BCUT2D eigenvalue weighted by molar-refractivity contribution is -0.384. The van der Waals surface area contributed by atoms with E-state index >= 15 is 0 Å². The van der Waals surface area contributed by atoms with Crippen molar-refractivity contribution in [3.05, 3.63) is 34.4 Å². The fourth-order valence-corrected chi connectivity index (χ4v) is 2.54. The predicted molar refractivity (Wildman–Crippen MR) is 79.7 cm³/mol. The molecule has 0 heterocycles. The number of nitrogens with two attached hydrogens (primary N) is 1. The van der Waals surface area contributed by atoms with Gasteiger partial charge in [-0.25, -0.2) is 0 Å². The quantitative estimate of drug-likeness (QED) is 0.412. The van der Waals surface area contributed by atoms with Gasteiger partial charge in [0.15, 0.2) is 0 Å². The van der Waals surface area contributed by atoms with Crippen LogP contribution in [0.15, 0.2) is 29.2 Å². The first kappa shape index (κ1) is 16.5. The van der Waals surface area contributed by atoms with Crippen LogP contribution in [0.25, 0.3) is 0 Å². The topological polar surface area (TPSA) is 98.3 Å². The van der Waals surface area contributed by atoms with Gasteiger partial charge in [0, 0.05) is 17.0 Å². The van der Waals surface area contributed by atoms with Gasteiger partial charge in [-0.05, 0) is 37.3 Å². The largest absolute Gasteiger partial charge is 0.368 e. The average molecular weight is 297 g/mol. The zero-order valence-electron chi connectivity index (χ0n) is 11.4. The zero-order chi connectivity index (χ0) is 15.0. The highest BCUT2D eigenvalue weighted by atomic mass is 32.2. The minimum absolute atomic E-state index is 0.0778. The van der Waals surface area contributed by atoms with Gasteiger partial charge in [0.05, 0.1) is 11.0 Å². The number of carbonyl (C=O) groups excluding carboxylic acids is 1. The van der Waals surface area contributed by atoms with Crippen LogP contribution in [0.3, 0.4) is 0 Å². The number of hydrogen-bond acceptors (Lipinski definition) is 5. The molecule has 0 spiro atoms. The average Bonchev–Trinajstić information content (AvgIpc) is 2.42. The second-order valence-electron chi connectivity index (χ2n) is 4.30. The highest BCUT2D eigenvalue weighted by molar-refractivity contribution is 7.99. The molecule has 1 aromatic rings. The monoisotopic (exact) mass is 297 g/mol. The SMILES string of the molecule is CCCNC(CCSc1ccc([N+](=O)[O-])cc1)C(N)=O. The highest BCUT2D eigenvalue weighted by Gasteiger charge is 2.13. The maximum atomic E-state index is 11.2. The summed E-state index contributed by atoms with van der Waals surface area (Å²) < 4.78 is 0. The Bertz CT molecular complexity index is 451. The lowest BCUT2D eigenvalue weighted by atomic mass is 10.2. The fraction of sp³-hybridized carbons (Fsp3) is 0.462. The summed E-state index contributed by atoms with van der Waals surface area (Å²) in [5.41, 5.74) is 5.40. The van der Waals surface area contributed by atoms with Crippen LogP contribution in [0.1, 0.15) is 19.8 Å². The maximum absolute atomic E-state index is 11.2. The van der Waals surface area contributed by atoms with Crippen molar-refractivity contribution in [3.63, 3.8) is 0 Å². The Balaban J connectivity index is 2.42. The molecule has 1 atom stereocenters. The number of nitro groups is 1. The summed E-state index contributed by atoms with van der Waals surface area (Å²) in [5, 5.41) is 13.6. The number of primary amides is 1. The number of nitrogens with zero attached hydrogens (tertiary/aromatic N) is 1. The molecule has 0 aliphatic rings. The third-order valence-electron chi connectivity index (χ3n) is 2.71. The van der Waals surface area contributed by atoms with Crippen LogP contribution >= 0.6 is 11.8 Å². The maximum Gasteiger partial charge on any atom is 0.269 e. The van der Waals surface area contributed by atoms with Gasteiger partial charge < -0.3 is 11.1 Å². The summed E-state index contributed by atoms with van der Waals surface area (Å²) in [5.74, 6) is 0.380. The van der Waals surface area contributed by atoms with E-state index in [2.05, 4.69) is 5.32 Å². The third kappa shape index (κ3) is 5.58. The molecule has 0 aliphatic carbocycles. The summed E-state index contributed by atoms with van der Waals surface area (Å²) in [6.45, 7) is 2.78. The number of nitro benzene ring substituents is 1. The first-order chi connectivity index (χ1) is 9.54. The molecule has 0 radical (unpaired) electrons. The van der Waals surface area contributed by atoms with Crippen LogP contribution in [0.5, 0.6) is 0 Å².